The number of hydrogen-bond acceptors (Lipinski definition) is 4. The molecule has 0 spiro atoms. The minimum Gasteiger partial charge on any atom is -0.507 e. The molecule has 0 bridgehead atoms. The predicted molar refractivity (Wildman–Crippen MR) is 90.7 cm³/mol. The Kier molecular flexibility index (Phi) is 4.00. The van der Waals surface area contributed by atoms with E-state index in [1.807, 2.05) is 41.5 Å². The average Bonchev–Trinajstić information content (AvgIpc) is 3.14. The van der Waals surface area contributed by atoms with E-state index >= 15 is 0 Å². The van der Waals surface area contributed by atoms with Crippen LogP contribution in [0.25, 0.3) is 5.57 Å². The SMILES string of the molecule is COC(=O)C1=C(c2cc(C(C)(C)C)c(O)c(C(C)(C)C)c2O)C1. The lowest BCUT2D eigenvalue weighted by molar-refractivity contribution is -0.135. The van der Waals surface area contributed by atoms with Crippen molar-refractivity contribution in [1.82, 2.24) is 0 Å². The van der Waals surface area contributed by atoms with Gasteiger partial charge in [0.15, 0.2) is 0 Å². The van der Waals surface area contributed by atoms with Gasteiger partial charge in [-0.3, -0.25) is 0 Å². The zero-order chi connectivity index (χ0) is 17.7. The van der Waals surface area contributed by atoms with E-state index in [0.717, 1.165) is 11.1 Å². The van der Waals surface area contributed by atoms with Crippen LogP contribution in [0.15, 0.2) is 11.6 Å². The number of hydrogen-bond donors (Lipinski definition) is 2. The molecule has 0 fully saturated rings. The van der Waals surface area contributed by atoms with E-state index in [1.54, 1.807) is 6.07 Å². The summed E-state index contributed by atoms with van der Waals surface area (Å²) in [5.41, 5.74) is 2.58. The molecule has 2 rings (SSSR count). The van der Waals surface area contributed by atoms with Gasteiger partial charge in [-0.05, 0) is 22.5 Å². The molecule has 0 radical (unpaired) electrons. The first kappa shape index (κ1) is 17.4. The highest BCUT2D eigenvalue weighted by molar-refractivity contribution is 6.09. The van der Waals surface area contributed by atoms with Gasteiger partial charge in [-0.15, -0.1) is 0 Å². The fraction of sp³-hybridized carbons (Fsp3) is 0.526. The summed E-state index contributed by atoms with van der Waals surface area (Å²) in [4.78, 5) is 11.7. The van der Waals surface area contributed by atoms with Crippen LogP contribution in [-0.4, -0.2) is 23.3 Å². The zero-order valence-electron chi connectivity index (χ0n) is 15.0. The van der Waals surface area contributed by atoms with Crippen LogP contribution in [-0.2, 0) is 20.4 Å². The lowest BCUT2D eigenvalue weighted by atomic mass is 9.77. The average molecular weight is 318 g/mol. The molecular formula is C19H26O4. The van der Waals surface area contributed by atoms with E-state index < -0.39 is 5.41 Å². The summed E-state index contributed by atoms with van der Waals surface area (Å²) in [6.45, 7) is 11.9. The van der Waals surface area contributed by atoms with Crippen LogP contribution in [0, 0.1) is 0 Å². The molecule has 0 unspecified atom stereocenters. The molecule has 4 nitrogen and oxygen atoms in total. The number of methoxy groups -OCH3 is 1. The van der Waals surface area contributed by atoms with Crippen LogP contribution >= 0.6 is 0 Å². The Morgan fingerprint density at radius 1 is 1.04 bits per heavy atom. The molecule has 0 amide bonds. The van der Waals surface area contributed by atoms with Crippen molar-refractivity contribution >= 4 is 11.5 Å². The summed E-state index contributed by atoms with van der Waals surface area (Å²) >= 11 is 0. The number of carbonyl (C=O) groups is 1. The molecule has 23 heavy (non-hydrogen) atoms. The summed E-state index contributed by atoms with van der Waals surface area (Å²) in [5.74, 6) is -0.175. The maximum absolute atomic E-state index is 11.7. The number of aromatic hydroxyl groups is 2. The minimum absolute atomic E-state index is 0.0527. The molecule has 1 aromatic carbocycles. The van der Waals surface area contributed by atoms with Crippen molar-refractivity contribution in [2.45, 2.75) is 58.8 Å². The van der Waals surface area contributed by atoms with Crippen molar-refractivity contribution in [1.29, 1.82) is 0 Å². The van der Waals surface area contributed by atoms with Gasteiger partial charge in [0, 0.05) is 28.7 Å². The molecule has 126 valence electrons. The Morgan fingerprint density at radius 3 is 2.04 bits per heavy atom. The maximum Gasteiger partial charge on any atom is 0.334 e. The number of esters is 1. The first-order valence-corrected chi connectivity index (χ1v) is 7.80. The number of carbonyl (C=O) groups excluding carboxylic acids is 1. The molecule has 1 aliphatic carbocycles. The van der Waals surface area contributed by atoms with Crippen LogP contribution in [0.3, 0.4) is 0 Å². The van der Waals surface area contributed by atoms with Gasteiger partial charge < -0.3 is 14.9 Å². The molecule has 1 aliphatic rings. The normalized spacial score (nSPS) is 14.9. The van der Waals surface area contributed by atoms with Crippen LogP contribution < -0.4 is 0 Å². The molecule has 0 aliphatic heterocycles. The quantitative estimate of drug-likeness (QED) is 0.808. The predicted octanol–water partition coefficient (Wildman–Crippen LogP) is 4.02. The summed E-state index contributed by atoms with van der Waals surface area (Å²) in [7, 11) is 1.35. The maximum atomic E-state index is 11.7. The summed E-state index contributed by atoms with van der Waals surface area (Å²) in [6.07, 6.45) is 0.512. The molecular weight excluding hydrogens is 292 g/mol. The van der Waals surface area contributed by atoms with Crippen molar-refractivity contribution in [3.8, 4) is 11.5 Å². The van der Waals surface area contributed by atoms with Crippen molar-refractivity contribution in [3.05, 3.63) is 28.3 Å². The van der Waals surface area contributed by atoms with Crippen molar-refractivity contribution < 1.29 is 19.7 Å². The summed E-state index contributed by atoms with van der Waals surface area (Å²) in [6, 6.07) is 1.80. The third kappa shape index (κ3) is 3.07. The van der Waals surface area contributed by atoms with Crippen LogP contribution in [0.4, 0.5) is 0 Å². The van der Waals surface area contributed by atoms with Gasteiger partial charge in [0.25, 0.3) is 0 Å². The third-order valence-corrected chi connectivity index (χ3v) is 4.18. The fourth-order valence-electron chi connectivity index (χ4n) is 2.88. The molecule has 1 aromatic rings. The van der Waals surface area contributed by atoms with Gasteiger partial charge >= 0.3 is 5.97 Å². The Balaban J connectivity index is 2.75. The smallest absolute Gasteiger partial charge is 0.334 e. The first-order valence-electron chi connectivity index (χ1n) is 7.80. The molecule has 4 heteroatoms. The largest absolute Gasteiger partial charge is 0.507 e. The minimum atomic E-state index is -0.426. The summed E-state index contributed by atoms with van der Waals surface area (Å²) < 4.78 is 4.76. The second kappa shape index (κ2) is 5.29. The fourth-order valence-corrected chi connectivity index (χ4v) is 2.88. The number of phenols is 2. The standard InChI is InChI=1S/C19H26O4/c1-18(2,3)13-9-11(10-8-12(10)17(22)23-7)15(20)14(16(13)21)19(4,5)6/h9,20-21H,8H2,1-7H3. The number of ether oxygens (including phenoxy) is 1. The van der Waals surface area contributed by atoms with Gasteiger partial charge in [-0.25, -0.2) is 4.79 Å². The molecule has 2 N–H and O–H groups in total. The van der Waals surface area contributed by atoms with Crippen LogP contribution in [0.5, 0.6) is 11.5 Å². The Hall–Kier alpha value is -1.97. The molecule has 0 saturated carbocycles. The lowest BCUT2D eigenvalue weighted by Crippen LogP contribution is -2.18. The van der Waals surface area contributed by atoms with E-state index in [-0.39, 0.29) is 22.9 Å². The Bertz CT molecular complexity index is 698. The molecule has 0 heterocycles. The lowest BCUT2D eigenvalue weighted by Gasteiger charge is -2.29. The molecule has 0 saturated heterocycles. The van der Waals surface area contributed by atoms with Crippen molar-refractivity contribution in [3.63, 3.8) is 0 Å². The topological polar surface area (TPSA) is 66.8 Å². The van der Waals surface area contributed by atoms with E-state index in [0.29, 0.717) is 23.1 Å². The summed E-state index contributed by atoms with van der Waals surface area (Å²) in [5, 5.41) is 21.5. The van der Waals surface area contributed by atoms with Crippen LogP contribution in [0.1, 0.15) is 64.7 Å². The van der Waals surface area contributed by atoms with Gasteiger partial charge in [0.1, 0.15) is 11.5 Å². The third-order valence-electron chi connectivity index (χ3n) is 4.18. The Labute approximate surface area is 137 Å². The highest BCUT2D eigenvalue weighted by Crippen LogP contribution is 2.52. The zero-order valence-corrected chi connectivity index (χ0v) is 15.0. The van der Waals surface area contributed by atoms with Crippen molar-refractivity contribution in [2.75, 3.05) is 7.11 Å². The van der Waals surface area contributed by atoms with Gasteiger partial charge in [-0.1, -0.05) is 41.5 Å². The van der Waals surface area contributed by atoms with E-state index in [2.05, 4.69) is 0 Å². The highest BCUT2D eigenvalue weighted by Gasteiger charge is 2.37. The monoisotopic (exact) mass is 318 g/mol. The van der Waals surface area contributed by atoms with Crippen LogP contribution in [0.2, 0.25) is 0 Å². The number of rotatable bonds is 2. The van der Waals surface area contributed by atoms with Gasteiger partial charge in [0.2, 0.25) is 0 Å². The number of benzene rings is 1. The van der Waals surface area contributed by atoms with Gasteiger partial charge in [-0.2, -0.15) is 0 Å². The van der Waals surface area contributed by atoms with E-state index in [1.165, 1.54) is 7.11 Å². The Morgan fingerprint density at radius 2 is 1.61 bits per heavy atom. The molecule has 0 aromatic heterocycles. The number of phenolic OH excluding ortho intramolecular Hbond substituents is 2. The second-order valence-corrected chi connectivity index (χ2v) is 8.17. The first-order chi connectivity index (χ1) is 10.4. The van der Waals surface area contributed by atoms with Gasteiger partial charge in [0.05, 0.1) is 7.11 Å². The molecule has 0 atom stereocenters. The van der Waals surface area contributed by atoms with E-state index in [4.69, 9.17) is 4.74 Å². The van der Waals surface area contributed by atoms with Crippen molar-refractivity contribution in [2.24, 2.45) is 0 Å². The van der Waals surface area contributed by atoms with E-state index in [9.17, 15) is 15.0 Å². The second-order valence-electron chi connectivity index (χ2n) is 8.17. The highest BCUT2D eigenvalue weighted by atomic mass is 16.5. The number of allylic oxidation sites excluding steroid dienone is 1.